The van der Waals surface area contributed by atoms with Crippen LogP contribution in [0.4, 0.5) is 0 Å². The second kappa shape index (κ2) is 6.88. The van der Waals surface area contributed by atoms with Crippen molar-refractivity contribution in [3.63, 3.8) is 0 Å². The van der Waals surface area contributed by atoms with Crippen LogP contribution in [0.2, 0.25) is 0 Å². The highest BCUT2D eigenvalue weighted by Crippen LogP contribution is 2.17. The zero-order valence-corrected chi connectivity index (χ0v) is 12.6. The number of carbonyl (C=O) groups excluding carboxylic acids is 1. The first kappa shape index (κ1) is 15.0. The largest absolute Gasteiger partial charge is 0.342 e. The van der Waals surface area contributed by atoms with E-state index in [1.807, 2.05) is 29.7 Å². The predicted molar refractivity (Wildman–Crippen MR) is 79.2 cm³/mol. The Morgan fingerprint density at radius 2 is 2.00 bits per heavy atom. The number of aryl methyl sites for hydroxylation is 1. The maximum atomic E-state index is 12.6. The average molecular weight is 278 g/mol. The minimum absolute atomic E-state index is 0.115. The lowest BCUT2D eigenvalue weighted by atomic mass is 9.98. The van der Waals surface area contributed by atoms with Gasteiger partial charge in [-0.2, -0.15) is 5.10 Å². The minimum Gasteiger partial charge on any atom is -0.342 e. The molecule has 0 spiro atoms. The van der Waals surface area contributed by atoms with E-state index in [1.54, 1.807) is 0 Å². The molecule has 1 fully saturated rings. The standard InChI is InChI=1S/C15H26N4O/c1-12-14(11-17-18(12)2)9-13(10-16)15(20)19-7-5-3-4-6-8-19/h11,13H,3-10,16H2,1-2H3. The number of hydrogen-bond acceptors (Lipinski definition) is 3. The second-order valence-electron chi connectivity index (χ2n) is 5.76. The topological polar surface area (TPSA) is 64.2 Å². The maximum Gasteiger partial charge on any atom is 0.227 e. The molecule has 0 aromatic carbocycles. The smallest absolute Gasteiger partial charge is 0.227 e. The molecule has 1 aliphatic rings. The molecule has 112 valence electrons. The number of likely N-dealkylation sites (tertiary alicyclic amines) is 1. The van der Waals surface area contributed by atoms with Crippen LogP contribution >= 0.6 is 0 Å². The van der Waals surface area contributed by atoms with Gasteiger partial charge in [-0.15, -0.1) is 0 Å². The van der Waals surface area contributed by atoms with Crippen LogP contribution in [0.3, 0.4) is 0 Å². The first-order valence-corrected chi connectivity index (χ1v) is 7.59. The third-order valence-electron chi connectivity index (χ3n) is 4.35. The summed E-state index contributed by atoms with van der Waals surface area (Å²) in [6.45, 7) is 4.22. The van der Waals surface area contributed by atoms with Gasteiger partial charge in [0, 0.05) is 32.4 Å². The van der Waals surface area contributed by atoms with Gasteiger partial charge in [-0.25, -0.2) is 0 Å². The SMILES string of the molecule is Cc1c(CC(CN)C(=O)N2CCCCCC2)cnn1C. The number of nitrogens with zero attached hydrogens (tertiary/aromatic N) is 3. The fourth-order valence-electron chi connectivity index (χ4n) is 2.83. The Balaban J connectivity index is 2.03. The van der Waals surface area contributed by atoms with E-state index < -0.39 is 0 Å². The van der Waals surface area contributed by atoms with Gasteiger partial charge in [0.2, 0.25) is 5.91 Å². The van der Waals surface area contributed by atoms with Crippen LogP contribution in [0.5, 0.6) is 0 Å². The number of rotatable bonds is 4. The fraction of sp³-hybridized carbons (Fsp3) is 0.733. The lowest BCUT2D eigenvalue weighted by molar-refractivity contribution is -0.135. The van der Waals surface area contributed by atoms with Crippen molar-refractivity contribution in [3.05, 3.63) is 17.5 Å². The number of hydrogen-bond donors (Lipinski definition) is 1. The summed E-state index contributed by atoms with van der Waals surface area (Å²) >= 11 is 0. The van der Waals surface area contributed by atoms with E-state index in [-0.39, 0.29) is 11.8 Å². The lowest BCUT2D eigenvalue weighted by Crippen LogP contribution is -2.40. The number of amides is 1. The fourth-order valence-corrected chi connectivity index (χ4v) is 2.83. The van der Waals surface area contributed by atoms with Gasteiger partial charge in [0.05, 0.1) is 12.1 Å². The van der Waals surface area contributed by atoms with Crippen LogP contribution in [-0.4, -0.2) is 40.2 Å². The molecule has 1 aliphatic heterocycles. The highest BCUT2D eigenvalue weighted by molar-refractivity contribution is 5.79. The van der Waals surface area contributed by atoms with Crippen LogP contribution < -0.4 is 5.73 Å². The van der Waals surface area contributed by atoms with E-state index in [2.05, 4.69) is 5.10 Å². The Hall–Kier alpha value is -1.36. The van der Waals surface area contributed by atoms with Gasteiger partial charge in [0.15, 0.2) is 0 Å². The summed E-state index contributed by atoms with van der Waals surface area (Å²) in [6, 6.07) is 0. The van der Waals surface area contributed by atoms with Crippen LogP contribution in [0.15, 0.2) is 6.20 Å². The van der Waals surface area contributed by atoms with Crippen LogP contribution in [0, 0.1) is 12.8 Å². The minimum atomic E-state index is -0.115. The van der Waals surface area contributed by atoms with Crippen molar-refractivity contribution in [1.82, 2.24) is 14.7 Å². The molecular weight excluding hydrogens is 252 g/mol. The molecule has 1 atom stereocenters. The Labute approximate surface area is 121 Å². The number of aromatic nitrogens is 2. The van der Waals surface area contributed by atoms with Gasteiger partial charge in [-0.3, -0.25) is 9.48 Å². The predicted octanol–water partition coefficient (Wildman–Crippen LogP) is 1.25. The van der Waals surface area contributed by atoms with Gasteiger partial charge in [-0.1, -0.05) is 12.8 Å². The Morgan fingerprint density at radius 1 is 1.35 bits per heavy atom. The molecule has 0 bridgehead atoms. The van der Waals surface area contributed by atoms with Crippen molar-refractivity contribution < 1.29 is 4.79 Å². The Bertz CT molecular complexity index is 447. The van der Waals surface area contributed by atoms with Gasteiger partial charge in [0.25, 0.3) is 0 Å². The highest BCUT2D eigenvalue weighted by Gasteiger charge is 2.25. The summed E-state index contributed by atoms with van der Waals surface area (Å²) in [6.07, 6.45) is 7.26. The summed E-state index contributed by atoms with van der Waals surface area (Å²) in [5, 5.41) is 4.24. The van der Waals surface area contributed by atoms with E-state index in [0.717, 1.165) is 37.2 Å². The van der Waals surface area contributed by atoms with Crippen molar-refractivity contribution >= 4 is 5.91 Å². The third-order valence-corrected chi connectivity index (χ3v) is 4.35. The molecule has 0 radical (unpaired) electrons. The monoisotopic (exact) mass is 278 g/mol. The molecular formula is C15H26N4O. The van der Waals surface area contributed by atoms with Gasteiger partial charge >= 0.3 is 0 Å². The third kappa shape index (κ3) is 3.39. The molecule has 1 aromatic heterocycles. The maximum absolute atomic E-state index is 12.6. The van der Waals surface area contributed by atoms with Crippen LogP contribution in [0.25, 0.3) is 0 Å². The first-order chi connectivity index (χ1) is 9.63. The van der Waals surface area contributed by atoms with E-state index in [9.17, 15) is 4.79 Å². The van der Waals surface area contributed by atoms with Crippen LogP contribution in [-0.2, 0) is 18.3 Å². The molecule has 0 aliphatic carbocycles. The molecule has 2 heterocycles. The number of carbonyl (C=O) groups is 1. The zero-order chi connectivity index (χ0) is 14.5. The Morgan fingerprint density at radius 3 is 2.50 bits per heavy atom. The van der Waals surface area contributed by atoms with Crippen molar-refractivity contribution in [3.8, 4) is 0 Å². The van der Waals surface area contributed by atoms with Gasteiger partial charge in [-0.05, 0) is 31.7 Å². The zero-order valence-electron chi connectivity index (χ0n) is 12.6. The molecule has 0 saturated carbocycles. The second-order valence-corrected chi connectivity index (χ2v) is 5.76. The van der Waals surface area contributed by atoms with E-state index in [4.69, 9.17) is 5.73 Å². The molecule has 2 N–H and O–H groups in total. The average Bonchev–Trinajstić information content (AvgIpc) is 2.68. The first-order valence-electron chi connectivity index (χ1n) is 7.59. The van der Waals surface area contributed by atoms with Crippen molar-refractivity contribution in [2.75, 3.05) is 19.6 Å². The lowest BCUT2D eigenvalue weighted by Gasteiger charge is -2.25. The summed E-state index contributed by atoms with van der Waals surface area (Å²) < 4.78 is 1.85. The summed E-state index contributed by atoms with van der Waals surface area (Å²) in [4.78, 5) is 14.6. The normalized spacial score (nSPS) is 17.9. The highest BCUT2D eigenvalue weighted by atomic mass is 16.2. The molecule has 2 rings (SSSR count). The summed E-state index contributed by atoms with van der Waals surface area (Å²) in [7, 11) is 1.92. The molecule has 20 heavy (non-hydrogen) atoms. The van der Waals surface area contributed by atoms with Crippen molar-refractivity contribution in [1.29, 1.82) is 0 Å². The Kier molecular flexibility index (Phi) is 5.17. The molecule has 1 saturated heterocycles. The molecule has 5 nitrogen and oxygen atoms in total. The summed E-state index contributed by atoms with van der Waals surface area (Å²) in [5.41, 5.74) is 8.10. The molecule has 5 heteroatoms. The molecule has 1 amide bonds. The molecule has 1 aromatic rings. The van der Waals surface area contributed by atoms with E-state index >= 15 is 0 Å². The van der Waals surface area contributed by atoms with Crippen LogP contribution in [0.1, 0.15) is 36.9 Å². The molecule has 1 unspecified atom stereocenters. The quantitative estimate of drug-likeness (QED) is 0.901. The van der Waals surface area contributed by atoms with E-state index in [1.165, 1.54) is 12.8 Å². The number of nitrogens with two attached hydrogens (primary N) is 1. The van der Waals surface area contributed by atoms with Gasteiger partial charge in [0.1, 0.15) is 0 Å². The van der Waals surface area contributed by atoms with Crippen molar-refractivity contribution in [2.45, 2.75) is 39.0 Å². The van der Waals surface area contributed by atoms with Crippen molar-refractivity contribution in [2.24, 2.45) is 18.7 Å². The van der Waals surface area contributed by atoms with E-state index in [0.29, 0.717) is 13.0 Å². The summed E-state index contributed by atoms with van der Waals surface area (Å²) in [5.74, 6) is 0.105. The van der Waals surface area contributed by atoms with Gasteiger partial charge < -0.3 is 10.6 Å².